The molecular formula is C36H40N2OSi2. The van der Waals surface area contributed by atoms with E-state index in [1.54, 1.807) is 0 Å². The number of aromatic hydroxyl groups is 1. The molecule has 0 saturated carbocycles. The topological polar surface area (TPSA) is 26.7 Å². The summed E-state index contributed by atoms with van der Waals surface area (Å²) >= 11 is 0. The van der Waals surface area contributed by atoms with E-state index in [0.717, 1.165) is 22.7 Å². The molecule has 1 N–H and O–H groups in total. The van der Waals surface area contributed by atoms with Gasteiger partial charge in [-0.15, -0.1) is 0 Å². The van der Waals surface area contributed by atoms with Crippen LogP contribution in [-0.4, -0.2) is 21.3 Å². The molecule has 0 aliphatic rings. The lowest BCUT2D eigenvalue weighted by Crippen LogP contribution is -2.43. The van der Waals surface area contributed by atoms with Crippen LogP contribution in [0.4, 0.5) is 34.1 Å². The molecule has 0 heterocycles. The molecule has 0 aliphatic heterocycles. The summed E-state index contributed by atoms with van der Waals surface area (Å²) in [5.74, 6) is 0.232. The van der Waals surface area contributed by atoms with Gasteiger partial charge in [-0.3, -0.25) is 0 Å². The summed E-state index contributed by atoms with van der Waals surface area (Å²) in [7, 11) is -3.45. The maximum atomic E-state index is 11.3. The molecule has 0 saturated heterocycles. The number of phenolic OH excluding ortho intramolecular Hbond substituents is 1. The van der Waals surface area contributed by atoms with E-state index in [9.17, 15) is 5.11 Å². The highest BCUT2D eigenvalue weighted by Crippen LogP contribution is 2.42. The van der Waals surface area contributed by atoms with Gasteiger partial charge in [-0.2, -0.15) is 0 Å². The van der Waals surface area contributed by atoms with Crippen LogP contribution >= 0.6 is 0 Å². The van der Waals surface area contributed by atoms with Crippen molar-refractivity contribution in [2.45, 2.75) is 39.3 Å². The standard InChI is InChI=1S/C36H40N2OSi2/c1-40(2,3)35-23-15-13-21-33(35)38(34-22-14-16-24-36(34)41(4,5)6)31-25-30(26-32(39)27-31)37(28-17-9-7-10-18-28)29-19-11-8-12-20-29/h7-27,39H,1-6H3. The van der Waals surface area contributed by atoms with Gasteiger partial charge >= 0.3 is 0 Å². The predicted octanol–water partition coefficient (Wildman–Crippen LogP) is 9.42. The largest absolute Gasteiger partial charge is 0.508 e. The maximum Gasteiger partial charge on any atom is 0.119 e. The van der Waals surface area contributed by atoms with Crippen molar-refractivity contribution in [2.24, 2.45) is 0 Å². The molecule has 41 heavy (non-hydrogen) atoms. The molecule has 5 rings (SSSR count). The average molecular weight is 573 g/mol. The first-order valence-electron chi connectivity index (χ1n) is 14.3. The van der Waals surface area contributed by atoms with Crippen LogP contribution in [0.5, 0.6) is 5.75 Å². The van der Waals surface area contributed by atoms with Crippen LogP contribution in [0.25, 0.3) is 0 Å². The number of nitrogens with zero attached hydrogens (tertiary/aromatic N) is 2. The average Bonchev–Trinajstić information content (AvgIpc) is 2.94. The number of hydrogen-bond donors (Lipinski definition) is 1. The van der Waals surface area contributed by atoms with Crippen molar-refractivity contribution in [3.63, 3.8) is 0 Å². The quantitative estimate of drug-likeness (QED) is 0.188. The predicted molar refractivity (Wildman–Crippen MR) is 183 cm³/mol. The minimum atomic E-state index is -1.73. The zero-order valence-corrected chi connectivity index (χ0v) is 27.0. The molecule has 5 aromatic rings. The van der Waals surface area contributed by atoms with Gasteiger partial charge in [0.05, 0.1) is 27.5 Å². The van der Waals surface area contributed by atoms with Crippen LogP contribution in [0.2, 0.25) is 39.3 Å². The lowest BCUT2D eigenvalue weighted by atomic mass is 10.1. The summed E-state index contributed by atoms with van der Waals surface area (Å²) in [6, 6.07) is 44.3. The van der Waals surface area contributed by atoms with Crippen LogP contribution in [0.15, 0.2) is 127 Å². The van der Waals surface area contributed by atoms with Gasteiger partial charge in [-0.25, -0.2) is 0 Å². The van der Waals surface area contributed by atoms with Gasteiger partial charge in [-0.1, -0.05) is 112 Å². The molecular weight excluding hydrogens is 533 g/mol. The number of phenols is 1. The Morgan fingerprint density at radius 1 is 0.415 bits per heavy atom. The summed E-state index contributed by atoms with van der Waals surface area (Å²) in [4.78, 5) is 4.59. The minimum Gasteiger partial charge on any atom is -0.508 e. The van der Waals surface area contributed by atoms with Gasteiger partial charge in [-0.05, 0) is 52.8 Å². The third kappa shape index (κ3) is 6.16. The molecule has 0 atom stereocenters. The normalized spacial score (nSPS) is 11.8. The van der Waals surface area contributed by atoms with Gasteiger partial charge < -0.3 is 14.9 Å². The van der Waals surface area contributed by atoms with Gasteiger partial charge in [0.1, 0.15) is 5.75 Å². The van der Waals surface area contributed by atoms with Crippen LogP contribution in [-0.2, 0) is 0 Å². The van der Waals surface area contributed by atoms with E-state index < -0.39 is 16.1 Å². The molecule has 0 bridgehead atoms. The van der Waals surface area contributed by atoms with Crippen LogP contribution in [0, 0.1) is 0 Å². The molecule has 3 nitrogen and oxygen atoms in total. The third-order valence-electron chi connectivity index (χ3n) is 7.34. The summed E-state index contributed by atoms with van der Waals surface area (Å²) < 4.78 is 0. The Hall–Kier alpha value is -4.07. The Balaban J connectivity index is 1.80. The van der Waals surface area contributed by atoms with E-state index in [1.165, 1.54) is 21.7 Å². The number of para-hydroxylation sites is 4. The fourth-order valence-corrected chi connectivity index (χ4v) is 8.57. The number of hydrogen-bond acceptors (Lipinski definition) is 3. The third-order valence-corrected chi connectivity index (χ3v) is 11.4. The Kier molecular flexibility index (Phi) is 7.94. The molecule has 0 unspecified atom stereocenters. The number of benzene rings is 5. The monoisotopic (exact) mass is 572 g/mol. The summed E-state index contributed by atoms with van der Waals surface area (Å²) in [5.41, 5.74) is 6.27. The Morgan fingerprint density at radius 2 is 0.780 bits per heavy atom. The molecule has 5 aromatic carbocycles. The number of anilines is 6. The van der Waals surface area contributed by atoms with E-state index in [-0.39, 0.29) is 5.75 Å². The fraction of sp³-hybridized carbons (Fsp3) is 0.167. The second-order valence-electron chi connectivity index (χ2n) is 12.6. The Bertz CT molecular complexity index is 1530. The van der Waals surface area contributed by atoms with Crippen LogP contribution in [0.3, 0.4) is 0 Å². The van der Waals surface area contributed by atoms with Gasteiger partial charge in [0.15, 0.2) is 0 Å². The van der Waals surface area contributed by atoms with E-state index in [2.05, 4.69) is 152 Å². The van der Waals surface area contributed by atoms with Gasteiger partial charge in [0.25, 0.3) is 0 Å². The SMILES string of the molecule is C[Si](C)(C)c1ccccc1N(c1cc(O)cc(N(c2ccccc2)c2ccccc2)c1)c1ccccc1[Si](C)(C)C. The van der Waals surface area contributed by atoms with Crippen molar-refractivity contribution in [3.8, 4) is 5.75 Å². The second-order valence-corrected chi connectivity index (χ2v) is 22.7. The van der Waals surface area contributed by atoms with Crippen molar-refractivity contribution < 1.29 is 5.11 Å². The summed E-state index contributed by atoms with van der Waals surface area (Å²) in [5, 5.41) is 14.1. The maximum absolute atomic E-state index is 11.3. The van der Waals surface area contributed by atoms with E-state index >= 15 is 0 Å². The first-order chi connectivity index (χ1) is 19.5. The van der Waals surface area contributed by atoms with E-state index in [0.29, 0.717) is 0 Å². The molecule has 5 heteroatoms. The fourth-order valence-electron chi connectivity index (χ4n) is 5.45. The first kappa shape index (κ1) is 28.5. The zero-order chi connectivity index (χ0) is 29.2. The molecule has 0 aromatic heterocycles. The van der Waals surface area contributed by atoms with Gasteiger partial charge in [0, 0.05) is 34.9 Å². The van der Waals surface area contributed by atoms with Crippen molar-refractivity contribution in [2.75, 3.05) is 9.80 Å². The smallest absolute Gasteiger partial charge is 0.119 e. The van der Waals surface area contributed by atoms with Crippen LogP contribution < -0.4 is 20.2 Å². The van der Waals surface area contributed by atoms with Crippen molar-refractivity contribution >= 4 is 60.6 Å². The Morgan fingerprint density at radius 3 is 1.20 bits per heavy atom. The van der Waals surface area contributed by atoms with E-state index in [1.807, 2.05) is 24.3 Å². The van der Waals surface area contributed by atoms with Crippen LogP contribution in [0.1, 0.15) is 0 Å². The highest BCUT2D eigenvalue weighted by molar-refractivity contribution is 6.90. The molecule has 0 aliphatic carbocycles. The van der Waals surface area contributed by atoms with E-state index in [4.69, 9.17) is 0 Å². The van der Waals surface area contributed by atoms with Crippen molar-refractivity contribution in [1.82, 2.24) is 0 Å². The summed E-state index contributed by atoms with van der Waals surface area (Å²) in [6.07, 6.45) is 0. The molecule has 0 radical (unpaired) electrons. The lowest BCUT2D eigenvalue weighted by molar-refractivity contribution is 0.475. The number of rotatable bonds is 8. The van der Waals surface area contributed by atoms with Crippen molar-refractivity contribution in [1.29, 1.82) is 0 Å². The zero-order valence-electron chi connectivity index (χ0n) is 25.0. The second kappa shape index (κ2) is 11.4. The first-order valence-corrected chi connectivity index (χ1v) is 21.3. The molecule has 0 spiro atoms. The highest BCUT2D eigenvalue weighted by Gasteiger charge is 2.29. The molecule has 0 amide bonds. The van der Waals surface area contributed by atoms with Crippen molar-refractivity contribution in [3.05, 3.63) is 127 Å². The molecule has 208 valence electrons. The molecule has 0 fully saturated rings. The van der Waals surface area contributed by atoms with Gasteiger partial charge in [0.2, 0.25) is 0 Å². The summed E-state index contributed by atoms with van der Waals surface area (Å²) in [6.45, 7) is 14.4. The minimum absolute atomic E-state index is 0.232. The highest BCUT2D eigenvalue weighted by atomic mass is 28.3. The Labute approximate surface area is 247 Å². The lowest BCUT2D eigenvalue weighted by Gasteiger charge is -2.35.